The van der Waals surface area contributed by atoms with Crippen LogP contribution in [0.25, 0.3) is 0 Å². The highest BCUT2D eigenvalue weighted by atomic mass is 35.5. The summed E-state index contributed by atoms with van der Waals surface area (Å²) < 4.78 is 28.4. The second-order valence-corrected chi connectivity index (χ2v) is 8.24. The molecule has 2 rings (SSSR count). The summed E-state index contributed by atoms with van der Waals surface area (Å²) in [6, 6.07) is 5.14. The van der Waals surface area contributed by atoms with Crippen molar-refractivity contribution in [1.29, 1.82) is 0 Å². The molecule has 1 N–H and O–H groups in total. The van der Waals surface area contributed by atoms with Crippen molar-refractivity contribution in [3.8, 4) is 5.75 Å². The highest BCUT2D eigenvalue weighted by Crippen LogP contribution is 2.23. The molecule has 1 amide bonds. The van der Waals surface area contributed by atoms with Crippen molar-refractivity contribution in [2.45, 2.75) is 25.8 Å². The van der Waals surface area contributed by atoms with E-state index in [-0.39, 0.29) is 24.0 Å². The number of carbonyl (C=O) groups excluding carboxylic acids is 1. The highest BCUT2D eigenvalue weighted by Gasteiger charge is 2.39. The second kappa shape index (κ2) is 5.85. The first-order chi connectivity index (χ1) is 9.69. The van der Waals surface area contributed by atoms with Gasteiger partial charge in [0.15, 0.2) is 16.4 Å². The number of hydrogen-bond acceptors (Lipinski definition) is 4. The number of halogens is 1. The number of benzene rings is 1. The Bertz CT molecular complexity index is 659. The highest BCUT2D eigenvalue weighted by molar-refractivity contribution is 7.91. The first-order valence-electron chi connectivity index (χ1n) is 6.60. The minimum absolute atomic E-state index is 0.0220. The summed E-state index contributed by atoms with van der Waals surface area (Å²) in [7, 11) is -3.05. The number of aryl methyl sites for hydroxylation is 1. The van der Waals surface area contributed by atoms with E-state index in [0.717, 1.165) is 5.56 Å². The molecule has 1 aliphatic rings. The van der Waals surface area contributed by atoms with Gasteiger partial charge in [-0.2, -0.15) is 0 Å². The molecule has 5 nitrogen and oxygen atoms in total. The fourth-order valence-corrected chi connectivity index (χ4v) is 4.55. The van der Waals surface area contributed by atoms with Crippen LogP contribution in [0.4, 0.5) is 0 Å². The van der Waals surface area contributed by atoms with E-state index in [1.165, 1.54) is 0 Å². The van der Waals surface area contributed by atoms with Crippen molar-refractivity contribution >= 4 is 27.3 Å². The van der Waals surface area contributed by atoms with E-state index in [1.54, 1.807) is 25.1 Å². The third-order valence-electron chi connectivity index (χ3n) is 3.44. The van der Waals surface area contributed by atoms with Crippen LogP contribution in [0.1, 0.15) is 18.9 Å². The van der Waals surface area contributed by atoms with E-state index >= 15 is 0 Å². The maximum absolute atomic E-state index is 11.9. The molecule has 1 saturated heterocycles. The lowest BCUT2D eigenvalue weighted by atomic mass is 10.0. The van der Waals surface area contributed by atoms with Crippen LogP contribution in [-0.4, -0.2) is 38.0 Å². The van der Waals surface area contributed by atoms with Crippen molar-refractivity contribution in [3.05, 3.63) is 28.8 Å². The fraction of sp³-hybridized carbons (Fsp3) is 0.500. The first-order valence-corrected chi connectivity index (χ1v) is 8.79. The van der Waals surface area contributed by atoms with Crippen molar-refractivity contribution in [1.82, 2.24) is 5.32 Å². The number of rotatable bonds is 4. The zero-order valence-corrected chi connectivity index (χ0v) is 13.6. The molecule has 116 valence electrons. The molecule has 0 aromatic heterocycles. The third-order valence-corrected chi connectivity index (χ3v) is 5.77. The van der Waals surface area contributed by atoms with Crippen LogP contribution in [-0.2, 0) is 14.6 Å². The van der Waals surface area contributed by atoms with Crippen LogP contribution in [0.5, 0.6) is 5.75 Å². The van der Waals surface area contributed by atoms with Gasteiger partial charge in [-0.15, -0.1) is 0 Å². The Morgan fingerprint density at radius 2 is 2.19 bits per heavy atom. The average Bonchev–Trinajstić information content (AvgIpc) is 2.65. The Kier molecular flexibility index (Phi) is 4.49. The van der Waals surface area contributed by atoms with Gasteiger partial charge < -0.3 is 10.1 Å². The van der Waals surface area contributed by atoms with Crippen LogP contribution >= 0.6 is 11.6 Å². The molecule has 1 heterocycles. The van der Waals surface area contributed by atoms with Crippen LogP contribution in [0.3, 0.4) is 0 Å². The summed E-state index contributed by atoms with van der Waals surface area (Å²) in [6.07, 6.45) is 0.432. The average molecular weight is 332 g/mol. The third kappa shape index (κ3) is 4.35. The van der Waals surface area contributed by atoms with Crippen molar-refractivity contribution in [2.24, 2.45) is 0 Å². The Morgan fingerprint density at radius 3 is 2.76 bits per heavy atom. The molecule has 1 aromatic carbocycles. The molecule has 1 atom stereocenters. The van der Waals surface area contributed by atoms with E-state index in [0.29, 0.717) is 17.2 Å². The molecule has 0 bridgehead atoms. The molecule has 0 unspecified atom stereocenters. The summed E-state index contributed by atoms with van der Waals surface area (Å²) in [5, 5.41) is 3.37. The summed E-state index contributed by atoms with van der Waals surface area (Å²) >= 11 is 5.91. The lowest BCUT2D eigenvalue weighted by Gasteiger charge is -2.23. The molecule has 21 heavy (non-hydrogen) atoms. The van der Waals surface area contributed by atoms with Gasteiger partial charge in [0.2, 0.25) is 0 Å². The number of carbonyl (C=O) groups is 1. The SMILES string of the molecule is Cc1cc(OCC(=O)N[C@@]2(C)CCS(=O)(=O)C2)ccc1Cl. The van der Waals surface area contributed by atoms with E-state index in [1.807, 2.05) is 6.92 Å². The molecule has 1 aliphatic heterocycles. The summed E-state index contributed by atoms with van der Waals surface area (Å²) in [6.45, 7) is 3.43. The molecule has 7 heteroatoms. The van der Waals surface area contributed by atoms with Gasteiger partial charge in [-0.05, 0) is 44.0 Å². The predicted octanol–water partition coefficient (Wildman–Crippen LogP) is 1.72. The van der Waals surface area contributed by atoms with E-state index < -0.39 is 15.4 Å². The van der Waals surface area contributed by atoms with Crippen molar-refractivity contribution < 1.29 is 17.9 Å². The molecule has 0 spiro atoms. The number of amides is 1. The Labute approximate surface area is 129 Å². The van der Waals surface area contributed by atoms with Gasteiger partial charge >= 0.3 is 0 Å². The van der Waals surface area contributed by atoms with E-state index in [2.05, 4.69) is 5.32 Å². The zero-order chi connectivity index (χ0) is 15.7. The van der Waals surface area contributed by atoms with E-state index in [9.17, 15) is 13.2 Å². The molecule has 0 aliphatic carbocycles. The topological polar surface area (TPSA) is 72.5 Å². The number of hydrogen-bond donors (Lipinski definition) is 1. The lowest BCUT2D eigenvalue weighted by Crippen LogP contribution is -2.48. The minimum Gasteiger partial charge on any atom is -0.484 e. The molecule has 1 aromatic rings. The Hall–Kier alpha value is -1.27. The predicted molar refractivity (Wildman–Crippen MR) is 81.5 cm³/mol. The molecule has 1 fully saturated rings. The van der Waals surface area contributed by atoms with Gasteiger partial charge in [-0.3, -0.25) is 4.79 Å². The normalized spacial score (nSPS) is 23.8. The van der Waals surface area contributed by atoms with Gasteiger partial charge in [0.25, 0.3) is 5.91 Å². The minimum atomic E-state index is -3.05. The Morgan fingerprint density at radius 1 is 1.48 bits per heavy atom. The Balaban J connectivity index is 1.89. The quantitative estimate of drug-likeness (QED) is 0.911. The molecule has 0 radical (unpaired) electrons. The number of ether oxygens (including phenoxy) is 1. The van der Waals surface area contributed by atoms with Crippen molar-refractivity contribution in [3.63, 3.8) is 0 Å². The van der Waals surface area contributed by atoms with Crippen molar-refractivity contribution in [2.75, 3.05) is 18.1 Å². The summed E-state index contributed by atoms with van der Waals surface area (Å²) in [5.74, 6) is 0.311. The summed E-state index contributed by atoms with van der Waals surface area (Å²) in [5.41, 5.74) is 0.165. The fourth-order valence-electron chi connectivity index (χ4n) is 2.34. The van der Waals surface area contributed by atoms with Gasteiger partial charge in [-0.1, -0.05) is 11.6 Å². The smallest absolute Gasteiger partial charge is 0.258 e. The maximum Gasteiger partial charge on any atom is 0.258 e. The summed E-state index contributed by atoms with van der Waals surface area (Å²) in [4.78, 5) is 11.9. The maximum atomic E-state index is 11.9. The van der Waals surface area contributed by atoms with Gasteiger partial charge in [-0.25, -0.2) is 8.42 Å². The van der Waals surface area contributed by atoms with Crippen LogP contribution in [0.15, 0.2) is 18.2 Å². The number of sulfone groups is 1. The van der Waals surface area contributed by atoms with Gasteiger partial charge in [0, 0.05) is 5.02 Å². The zero-order valence-electron chi connectivity index (χ0n) is 12.0. The first kappa shape index (κ1) is 16.1. The molecular formula is C14H18ClNO4S. The van der Waals surface area contributed by atoms with Gasteiger partial charge in [0.05, 0.1) is 17.0 Å². The monoisotopic (exact) mass is 331 g/mol. The van der Waals surface area contributed by atoms with Crippen LogP contribution in [0, 0.1) is 6.92 Å². The lowest BCUT2D eigenvalue weighted by molar-refractivity contribution is -0.124. The van der Waals surface area contributed by atoms with Gasteiger partial charge in [0.1, 0.15) is 5.75 Å². The van der Waals surface area contributed by atoms with Crippen LogP contribution < -0.4 is 10.1 Å². The largest absolute Gasteiger partial charge is 0.484 e. The molecular weight excluding hydrogens is 314 g/mol. The van der Waals surface area contributed by atoms with E-state index in [4.69, 9.17) is 16.3 Å². The van der Waals surface area contributed by atoms with Crippen LogP contribution in [0.2, 0.25) is 5.02 Å². The second-order valence-electron chi connectivity index (χ2n) is 5.65. The molecule has 0 saturated carbocycles. The number of nitrogens with one attached hydrogen (secondary N) is 1. The standard InChI is InChI=1S/C14H18ClNO4S/c1-10-7-11(3-4-12(10)15)20-8-13(17)16-14(2)5-6-21(18,19)9-14/h3-4,7H,5-6,8-9H2,1-2H3,(H,16,17)/t14-/m0/s1.